The molecule has 0 saturated heterocycles. The molecule has 6 unspecified atom stereocenters. The summed E-state index contributed by atoms with van der Waals surface area (Å²) in [6.07, 6.45) is 17.2. The number of aliphatic hydroxyl groups is 1. The molecule has 0 radical (unpaired) electrons. The van der Waals surface area contributed by atoms with E-state index in [2.05, 4.69) is 40.7 Å². The Morgan fingerprint density at radius 1 is 0.967 bits per heavy atom. The van der Waals surface area contributed by atoms with E-state index in [0.29, 0.717) is 10.8 Å². The Kier molecular flexibility index (Phi) is 7.85. The van der Waals surface area contributed by atoms with Crippen molar-refractivity contribution >= 4 is 0 Å². The van der Waals surface area contributed by atoms with Crippen LogP contribution in [-0.2, 0) is 0 Å². The molecule has 0 aliphatic heterocycles. The van der Waals surface area contributed by atoms with Gasteiger partial charge in [-0.2, -0.15) is 0 Å². The van der Waals surface area contributed by atoms with Crippen molar-refractivity contribution in [1.82, 2.24) is 0 Å². The monoisotopic (exact) mass is 416 g/mol. The number of allylic oxidation sites excluding steroid dienone is 1. The van der Waals surface area contributed by atoms with Crippen molar-refractivity contribution in [2.24, 2.45) is 46.3 Å². The molecule has 0 aromatic carbocycles. The van der Waals surface area contributed by atoms with Crippen LogP contribution in [0.1, 0.15) is 119 Å². The third-order valence-electron chi connectivity index (χ3n) is 10.3. The van der Waals surface area contributed by atoms with Crippen LogP contribution >= 0.6 is 0 Å². The van der Waals surface area contributed by atoms with E-state index in [4.69, 9.17) is 0 Å². The summed E-state index contributed by atoms with van der Waals surface area (Å²) in [5, 5.41) is 10.2. The molecule has 4 rings (SSSR count). The first-order valence-corrected chi connectivity index (χ1v) is 13.6. The molecule has 1 nitrogen and oxygen atoms in total. The van der Waals surface area contributed by atoms with Gasteiger partial charge in [0.2, 0.25) is 0 Å². The van der Waals surface area contributed by atoms with Crippen molar-refractivity contribution in [2.45, 2.75) is 125 Å². The summed E-state index contributed by atoms with van der Waals surface area (Å²) in [5.74, 6) is 5.46. The van der Waals surface area contributed by atoms with E-state index >= 15 is 0 Å². The van der Waals surface area contributed by atoms with E-state index in [0.717, 1.165) is 48.3 Å². The van der Waals surface area contributed by atoms with Crippen LogP contribution in [0, 0.1) is 46.3 Å². The van der Waals surface area contributed by atoms with Gasteiger partial charge in [-0.25, -0.2) is 0 Å². The lowest BCUT2D eigenvalue weighted by Gasteiger charge is -2.58. The second-order valence-electron chi connectivity index (χ2n) is 12.2. The Balaban J connectivity index is 0.00000124. The highest BCUT2D eigenvalue weighted by Gasteiger charge is 2.59. The van der Waals surface area contributed by atoms with E-state index in [1.165, 1.54) is 57.8 Å². The summed E-state index contributed by atoms with van der Waals surface area (Å²) in [7, 11) is 0. The molecule has 4 aliphatic carbocycles. The second-order valence-corrected chi connectivity index (χ2v) is 12.2. The van der Waals surface area contributed by atoms with Gasteiger partial charge in [0.15, 0.2) is 0 Å². The maximum atomic E-state index is 10.2. The largest absolute Gasteiger partial charge is 0.393 e. The molecule has 30 heavy (non-hydrogen) atoms. The van der Waals surface area contributed by atoms with Crippen LogP contribution in [0.4, 0.5) is 0 Å². The maximum absolute atomic E-state index is 10.2. The van der Waals surface area contributed by atoms with Crippen LogP contribution in [0.25, 0.3) is 0 Å². The van der Waals surface area contributed by atoms with E-state index in [9.17, 15) is 5.11 Å². The molecule has 0 aromatic heterocycles. The fourth-order valence-electron chi connectivity index (χ4n) is 8.67. The predicted octanol–water partition coefficient (Wildman–Crippen LogP) is 8.41. The Morgan fingerprint density at radius 2 is 1.70 bits per heavy atom. The maximum Gasteiger partial charge on any atom is 0.0577 e. The molecule has 3 saturated carbocycles. The zero-order valence-corrected chi connectivity index (χ0v) is 21.3. The first kappa shape index (κ1) is 24.3. The molecule has 1 N–H and O–H groups in total. The molecular weight excluding hydrogens is 364 g/mol. The van der Waals surface area contributed by atoms with Crippen LogP contribution in [0.3, 0.4) is 0 Å². The molecule has 0 heterocycles. The molecule has 0 bridgehead atoms. The van der Waals surface area contributed by atoms with Gasteiger partial charge in [0.1, 0.15) is 0 Å². The van der Waals surface area contributed by atoms with Crippen molar-refractivity contribution in [2.75, 3.05) is 0 Å². The zero-order chi connectivity index (χ0) is 22.1. The predicted molar refractivity (Wildman–Crippen MR) is 130 cm³/mol. The Bertz CT molecular complexity index is 591. The molecule has 0 aromatic rings. The van der Waals surface area contributed by atoms with Crippen LogP contribution in [0.2, 0.25) is 0 Å². The normalized spacial score (nSPS) is 43.6. The third kappa shape index (κ3) is 4.31. The summed E-state index contributed by atoms with van der Waals surface area (Å²) >= 11 is 0. The number of hydrogen-bond acceptors (Lipinski definition) is 1. The van der Waals surface area contributed by atoms with Crippen LogP contribution in [0.15, 0.2) is 11.6 Å². The molecule has 0 amide bonds. The molecule has 1 heteroatoms. The van der Waals surface area contributed by atoms with Gasteiger partial charge in [0.05, 0.1) is 6.10 Å². The summed E-state index contributed by atoms with van der Waals surface area (Å²) in [5.41, 5.74) is 2.60. The summed E-state index contributed by atoms with van der Waals surface area (Å²) < 4.78 is 0. The van der Waals surface area contributed by atoms with Gasteiger partial charge >= 0.3 is 0 Å². The van der Waals surface area contributed by atoms with Gasteiger partial charge in [-0.1, -0.05) is 79.4 Å². The van der Waals surface area contributed by atoms with E-state index in [1.807, 2.05) is 13.8 Å². The van der Waals surface area contributed by atoms with Gasteiger partial charge in [-0.05, 0) is 97.7 Å². The third-order valence-corrected chi connectivity index (χ3v) is 10.3. The first-order valence-electron chi connectivity index (χ1n) is 13.6. The topological polar surface area (TPSA) is 20.2 Å². The van der Waals surface area contributed by atoms with Gasteiger partial charge in [-0.3, -0.25) is 0 Å². The number of aliphatic hydroxyl groups excluding tert-OH is 1. The fraction of sp³-hybridized carbons (Fsp3) is 0.931. The SMILES string of the molecule is CC.CC(C)CCC[C@@H](C)C1CCC2C3CC=C4CC(O)CCC4(C)[C@H]3CCC21C. The van der Waals surface area contributed by atoms with Crippen molar-refractivity contribution in [3.05, 3.63) is 11.6 Å². The lowest BCUT2D eigenvalue weighted by molar-refractivity contribution is -0.0573. The van der Waals surface area contributed by atoms with Crippen LogP contribution < -0.4 is 0 Å². The van der Waals surface area contributed by atoms with Gasteiger partial charge in [0.25, 0.3) is 0 Å². The molecule has 8 atom stereocenters. The Morgan fingerprint density at radius 3 is 2.40 bits per heavy atom. The quantitative estimate of drug-likeness (QED) is 0.446. The molecule has 174 valence electrons. The van der Waals surface area contributed by atoms with Gasteiger partial charge < -0.3 is 5.11 Å². The second kappa shape index (κ2) is 9.68. The number of hydrogen-bond donors (Lipinski definition) is 1. The van der Waals surface area contributed by atoms with Crippen LogP contribution in [-0.4, -0.2) is 11.2 Å². The standard InChI is InChI=1S/C27H46O.C2H6/c1-18(2)7-6-8-19(3)23-11-12-24-22-10-9-20-17-21(28)13-15-26(20,4)25(22)14-16-27(23,24)5;1-2/h9,18-19,21-25,28H,6-8,10-17H2,1-5H3;1-2H3/t19-,21?,22?,23?,24?,25+,26?,27?;/m1./s1. The molecular formula is C29H52O. The van der Waals surface area contributed by atoms with Crippen molar-refractivity contribution in [3.8, 4) is 0 Å². The summed E-state index contributed by atoms with van der Waals surface area (Å²) in [6.45, 7) is 16.6. The average molecular weight is 417 g/mol. The lowest BCUT2D eigenvalue weighted by Crippen LogP contribution is -2.50. The highest BCUT2D eigenvalue weighted by Crippen LogP contribution is 2.67. The van der Waals surface area contributed by atoms with Crippen molar-refractivity contribution in [1.29, 1.82) is 0 Å². The number of fused-ring (bicyclic) bond motifs is 5. The minimum absolute atomic E-state index is 0.0766. The minimum Gasteiger partial charge on any atom is -0.393 e. The highest BCUT2D eigenvalue weighted by molar-refractivity contribution is 5.25. The van der Waals surface area contributed by atoms with E-state index < -0.39 is 0 Å². The smallest absolute Gasteiger partial charge is 0.0577 e. The summed E-state index contributed by atoms with van der Waals surface area (Å²) in [6, 6.07) is 0. The molecule has 3 fully saturated rings. The highest BCUT2D eigenvalue weighted by atomic mass is 16.3. The van der Waals surface area contributed by atoms with Gasteiger partial charge in [-0.15, -0.1) is 0 Å². The zero-order valence-electron chi connectivity index (χ0n) is 21.3. The Labute approximate surface area is 188 Å². The molecule has 4 aliphatic rings. The molecule has 0 spiro atoms. The lowest BCUT2D eigenvalue weighted by atomic mass is 9.47. The van der Waals surface area contributed by atoms with Crippen LogP contribution in [0.5, 0.6) is 0 Å². The summed E-state index contributed by atoms with van der Waals surface area (Å²) in [4.78, 5) is 0. The van der Waals surface area contributed by atoms with Crippen molar-refractivity contribution in [3.63, 3.8) is 0 Å². The van der Waals surface area contributed by atoms with E-state index in [1.54, 1.807) is 5.57 Å². The minimum atomic E-state index is -0.0766. The Hall–Kier alpha value is -0.300. The first-order chi connectivity index (χ1) is 14.3. The fourth-order valence-corrected chi connectivity index (χ4v) is 8.67. The van der Waals surface area contributed by atoms with Gasteiger partial charge in [0, 0.05) is 0 Å². The van der Waals surface area contributed by atoms with E-state index in [-0.39, 0.29) is 6.10 Å². The average Bonchev–Trinajstić information content (AvgIpc) is 3.07. The number of rotatable bonds is 5. The van der Waals surface area contributed by atoms with Crippen molar-refractivity contribution < 1.29 is 5.11 Å².